The Labute approximate surface area is 195 Å². The van der Waals surface area contributed by atoms with E-state index in [2.05, 4.69) is 20.1 Å². The number of hydrogen-bond acceptors (Lipinski definition) is 7. The molecule has 1 aliphatic carbocycles. The lowest BCUT2D eigenvalue weighted by Crippen LogP contribution is -2.50. The molecular weight excluding hydrogens is 424 g/mol. The number of nitrogens with zero attached hydrogens (tertiary/aromatic N) is 3. The van der Waals surface area contributed by atoms with Crippen molar-refractivity contribution in [2.75, 3.05) is 43.6 Å². The fourth-order valence-electron chi connectivity index (χ4n) is 5.50. The van der Waals surface area contributed by atoms with E-state index in [4.69, 9.17) is 9.47 Å². The molecule has 2 amide bonds. The lowest BCUT2D eigenvalue weighted by Gasteiger charge is -2.41. The highest BCUT2D eigenvalue weighted by atomic mass is 16.5. The van der Waals surface area contributed by atoms with E-state index >= 15 is 0 Å². The first-order chi connectivity index (χ1) is 16.0. The average Bonchev–Trinajstić information content (AvgIpc) is 3.13. The van der Waals surface area contributed by atoms with E-state index in [0.29, 0.717) is 30.4 Å². The lowest BCUT2D eigenvalue weighted by molar-refractivity contribution is -0.139. The predicted octanol–water partition coefficient (Wildman–Crippen LogP) is 3.17. The number of pyridine rings is 1. The molecule has 9 nitrogen and oxygen atoms in total. The molecule has 3 heterocycles. The minimum Gasteiger partial charge on any atom is -0.493 e. The molecule has 1 aromatic rings. The van der Waals surface area contributed by atoms with Crippen molar-refractivity contribution in [3.8, 4) is 5.75 Å². The summed E-state index contributed by atoms with van der Waals surface area (Å²) in [5.74, 6) is 1.50. The van der Waals surface area contributed by atoms with E-state index < -0.39 is 6.09 Å². The second kappa shape index (κ2) is 10.2. The highest BCUT2D eigenvalue weighted by Crippen LogP contribution is 2.44. The number of aromatic nitrogens is 1. The van der Waals surface area contributed by atoms with Crippen molar-refractivity contribution in [2.24, 2.45) is 5.41 Å². The summed E-state index contributed by atoms with van der Waals surface area (Å²) in [5, 5.41) is 12.5. The van der Waals surface area contributed by atoms with Gasteiger partial charge in [0.2, 0.25) is 5.91 Å². The van der Waals surface area contributed by atoms with Gasteiger partial charge in [0.25, 0.3) is 0 Å². The summed E-state index contributed by atoms with van der Waals surface area (Å²) >= 11 is 0. The van der Waals surface area contributed by atoms with Crippen molar-refractivity contribution in [2.45, 2.75) is 70.4 Å². The first-order valence-corrected chi connectivity index (χ1v) is 12.2. The predicted molar refractivity (Wildman–Crippen MR) is 125 cm³/mol. The SMILES string of the molecule is CCCOC(=O)Nc1cnc(N2CCC[C@@]3(CCN([C@H]4CC[C@@H](O)CC4)C3=O)C2)c(OC)c1. The van der Waals surface area contributed by atoms with E-state index in [1.807, 2.05) is 6.92 Å². The normalized spacial score (nSPS) is 27.7. The molecule has 2 N–H and O–H groups in total. The molecule has 1 spiro atoms. The second-order valence-electron chi connectivity index (χ2n) is 9.53. The molecule has 9 heteroatoms. The molecule has 33 heavy (non-hydrogen) atoms. The van der Waals surface area contributed by atoms with Crippen LogP contribution in [-0.4, -0.2) is 72.5 Å². The number of aliphatic hydroxyl groups excluding tert-OH is 1. The maximum absolute atomic E-state index is 13.6. The molecule has 2 aliphatic heterocycles. The van der Waals surface area contributed by atoms with Crippen LogP contribution >= 0.6 is 0 Å². The summed E-state index contributed by atoms with van der Waals surface area (Å²) in [5.41, 5.74) is 0.119. The summed E-state index contributed by atoms with van der Waals surface area (Å²) in [7, 11) is 1.58. The molecule has 4 rings (SSSR count). The van der Waals surface area contributed by atoms with Gasteiger partial charge >= 0.3 is 6.09 Å². The fourth-order valence-corrected chi connectivity index (χ4v) is 5.50. The molecule has 1 aromatic heterocycles. The molecule has 1 saturated carbocycles. The van der Waals surface area contributed by atoms with E-state index in [1.165, 1.54) is 0 Å². The van der Waals surface area contributed by atoms with Crippen molar-refractivity contribution in [1.82, 2.24) is 9.88 Å². The number of amides is 2. The van der Waals surface area contributed by atoms with Crippen LogP contribution in [0.2, 0.25) is 0 Å². The summed E-state index contributed by atoms with van der Waals surface area (Å²) in [6, 6.07) is 1.99. The number of ether oxygens (including phenoxy) is 2. The standard InChI is InChI=1S/C24H36N4O5/c1-3-13-33-23(31)26-17-14-20(32-2)21(25-15-17)27-11-4-9-24(16-27)10-12-28(22(24)30)18-5-7-19(29)8-6-18/h14-15,18-19,29H,3-13,16H2,1-2H3,(H,26,31)/t18-,19+,24-/m1/s1. The van der Waals surface area contributed by atoms with Gasteiger partial charge in [-0.15, -0.1) is 0 Å². The van der Waals surface area contributed by atoms with Crippen LogP contribution in [0.15, 0.2) is 12.3 Å². The summed E-state index contributed by atoms with van der Waals surface area (Å²) < 4.78 is 10.7. The van der Waals surface area contributed by atoms with Crippen LogP contribution in [0.4, 0.5) is 16.3 Å². The zero-order chi connectivity index (χ0) is 23.4. The van der Waals surface area contributed by atoms with Crippen molar-refractivity contribution in [1.29, 1.82) is 0 Å². The molecule has 0 radical (unpaired) electrons. The Morgan fingerprint density at radius 2 is 2.06 bits per heavy atom. The summed E-state index contributed by atoms with van der Waals surface area (Å²) in [6.45, 7) is 4.51. The number of anilines is 2. The van der Waals surface area contributed by atoms with E-state index in [1.54, 1.807) is 19.4 Å². The highest BCUT2D eigenvalue weighted by molar-refractivity contribution is 5.87. The average molecular weight is 461 g/mol. The fraction of sp³-hybridized carbons (Fsp3) is 0.708. The second-order valence-corrected chi connectivity index (χ2v) is 9.53. The molecule has 3 fully saturated rings. The number of rotatable bonds is 6. The van der Waals surface area contributed by atoms with Crippen LogP contribution in [0, 0.1) is 5.41 Å². The van der Waals surface area contributed by atoms with Crippen LogP contribution in [0.5, 0.6) is 5.75 Å². The van der Waals surface area contributed by atoms with Gasteiger partial charge in [-0.05, 0) is 51.4 Å². The van der Waals surface area contributed by atoms with Crippen molar-refractivity contribution < 1.29 is 24.2 Å². The Hall–Kier alpha value is -2.55. The van der Waals surface area contributed by atoms with Gasteiger partial charge < -0.3 is 24.4 Å². The third kappa shape index (κ3) is 5.03. The molecule has 2 saturated heterocycles. The van der Waals surface area contributed by atoms with Gasteiger partial charge in [0.05, 0.1) is 37.1 Å². The van der Waals surface area contributed by atoms with Crippen LogP contribution in [0.3, 0.4) is 0 Å². The zero-order valence-electron chi connectivity index (χ0n) is 19.7. The van der Waals surface area contributed by atoms with Gasteiger partial charge in [-0.1, -0.05) is 6.92 Å². The van der Waals surface area contributed by atoms with Crippen molar-refractivity contribution in [3.05, 3.63) is 12.3 Å². The number of piperidine rings is 1. The highest BCUT2D eigenvalue weighted by Gasteiger charge is 2.51. The molecule has 1 atom stereocenters. The van der Waals surface area contributed by atoms with Crippen molar-refractivity contribution >= 4 is 23.5 Å². The van der Waals surface area contributed by atoms with Crippen LogP contribution in [0.1, 0.15) is 58.3 Å². The molecule has 0 unspecified atom stereocenters. The van der Waals surface area contributed by atoms with Gasteiger partial charge in [-0.3, -0.25) is 10.1 Å². The van der Waals surface area contributed by atoms with E-state index in [0.717, 1.165) is 64.5 Å². The Balaban J connectivity index is 1.46. The number of methoxy groups -OCH3 is 1. The number of likely N-dealkylation sites (tertiary alicyclic amines) is 1. The molecule has 182 valence electrons. The largest absolute Gasteiger partial charge is 0.493 e. The molecule has 0 bridgehead atoms. The van der Waals surface area contributed by atoms with Crippen LogP contribution in [0.25, 0.3) is 0 Å². The molecular formula is C24H36N4O5. The number of aliphatic hydroxyl groups is 1. The zero-order valence-corrected chi connectivity index (χ0v) is 19.7. The van der Waals surface area contributed by atoms with Crippen LogP contribution in [-0.2, 0) is 9.53 Å². The third-order valence-electron chi connectivity index (χ3n) is 7.27. The number of carbonyl (C=O) groups excluding carboxylic acids is 2. The van der Waals surface area contributed by atoms with Gasteiger partial charge in [-0.2, -0.15) is 0 Å². The maximum Gasteiger partial charge on any atom is 0.411 e. The van der Waals surface area contributed by atoms with E-state index in [-0.39, 0.29) is 23.5 Å². The number of nitrogens with one attached hydrogen (secondary N) is 1. The lowest BCUT2D eigenvalue weighted by atomic mass is 9.78. The first kappa shape index (κ1) is 23.6. The van der Waals surface area contributed by atoms with Gasteiger partial charge in [0.15, 0.2) is 11.6 Å². The number of carbonyl (C=O) groups is 2. The smallest absolute Gasteiger partial charge is 0.411 e. The van der Waals surface area contributed by atoms with Gasteiger partial charge in [-0.25, -0.2) is 9.78 Å². The topological polar surface area (TPSA) is 104 Å². The Bertz CT molecular complexity index is 857. The van der Waals surface area contributed by atoms with Crippen molar-refractivity contribution in [3.63, 3.8) is 0 Å². The summed E-state index contributed by atoms with van der Waals surface area (Å²) in [4.78, 5) is 34.3. The van der Waals surface area contributed by atoms with Crippen LogP contribution < -0.4 is 15.0 Å². The van der Waals surface area contributed by atoms with E-state index in [9.17, 15) is 14.7 Å². The molecule has 3 aliphatic rings. The first-order valence-electron chi connectivity index (χ1n) is 12.2. The summed E-state index contributed by atoms with van der Waals surface area (Å²) in [6.07, 6.45) is 7.60. The van der Waals surface area contributed by atoms with Gasteiger partial charge in [0.1, 0.15) is 0 Å². The maximum atomic E-state index is 13.6. The quantitative estimate of drug-likeness (QED) is 0.672. The minimum atomic E-state index is -0.516. The van der Waals surface area contributed by atoms with Gasteiger partial charge in [0, 0.05) is 31.7 Å². The Morgan fingerprint density at radius 1 is 1.27 bits per heavy atom. The Kier molecular flexibility index (Phi) is 7.26. The minimum absolute atomic E-state index is 0.220. The number of hydrogen-bond donors (Lipinski definition) is 2. The molecule has 0 aromatic carbocycles. The monoisotopic (exact) mass is 460 g/mol. The Morgan fingerprint density at radius 3 is 2.79 bits per heavy atom. The third-order valence-corrected chi connectivity index (χ3v) is 7.27.